The highest BCUT2D eigenvalue weighted by molar-refractivity contribution is 6.31. The highest BCUT2D eigenvalue weighted by atomic mass is 35.5. The number of hydrogen-bond acceptors (Lipinski definition) is 5. The normalized spacial score (nSPS) is 14.6. The number of hydrogen-bond donors (Lipinski definition) is 1. The third kappa shape index (κ3) is 5.96. The Morgan fingerprint density at radius 1 is 1.21 bits per heavy atom. The van der Waals surface area contributed by atoms with Crippen LogP contribution in [0, 0.1) is 16.0 Å². The number of carbonyl (C=O) groups excluding carboxylic acids is 2. The molecule has 2 aromatic carbocycles. The first kappa shape index (κ1) is 25.3. The van der Waals surface area contributed by atoms with Gasteiger partial charge in [-0.2, -0.15) is 13.2 Å². The number of para-hydroxylation sites is 2. The van der Waals surface area contributed by atoms with Crippen molar-refractivity contribution >= 4 is 40.5 Å². The van der Waals surface area contributed by atoms with Crippen LogP contribution in [-0.4, -0.2) is 48.3 Å². The highest BCUT2D eigenvalue weighted by Gasteiger charge is 2.34. The Morgan fingerprint density at radius 2 is 1.85 bits per heavy atom. The van der Waals surface area contributed by atoms with Gasteiger partial charge in [-0.25, -0.2) is 0 Å². The fraction of sp³-hybridized carbons (Fsp3) is 0.364. The van der Waals surface area contributed by atoms with Gasteiger partial charge in [-0.3, -0.25) is 19.7 Å². The number of carbonyl (C=O) groups is 2. The fourth-order valence-electron chi connectivity index (χ4n) is 3.88. The molecule has 0 atom stereocenters. The van der Waals surface area contributed by atoms with Crippen LogP contribution in [0.1, 0.15) is 18.4 Å². The van der Waals surface area contributed by atoms with Gasteiger partial charge < -0.3 is 15.1 Å². The van der Waals surface area contributed by atoms with Gasteiger partial charge in [0, 0.05) is 37.8 Å². The molecule has 0 unspecified atom stereocenters. The van der Waals surface area contributed by atoms with E-state index in [2.05, 4.69) is 5.32 Å². The Bertz CT molecular complexity index is 1090. The quantitative estimate of drug-likeness (QED) is 0.464. The lowest BCUT2D eigenvalue weighted by atomic mass is 9.95. The van der Waals surface area contributed by atoms with Crippen molar-refractivity contribution in [3.63, 3.8) is 0 Å². The molecule has 2 amide bonds. The molecule has 1 aliphatic heterocycles. The zero-order valence-electron chi connectivity index (χ0n) is 18.1. The molecular formula is C22H22ClF3N4O4. The minimum Gasteiger partial charge on any atom is -0.366 e. The van der Waals surface area contributed by atoms with E-state index >= 15 is 0 Å². The summed E-state index contributed by atoms with van der Waals surface area (Å²) in [5, 5.41) is 13.1. The first-order valence-electron chi connectivity index (χ1n) is 10.4. The van der Waals surface area contributed by atoms with Crippen LogP contribution in [0.4, 0.5) is 30.2 Å². The molecule has 1 heterocycles. The van der Waals surface area contributed by atoms with Gasteiger partial charge in [0.1, 0.15) is 5.69 Å². The number of nitrogens with one attached hydrogen (secondary N) is 1. The molecule has 3 rings (SSSR count). The third-order valence-corrected chi connectivity index (χ3v) is 5.91. The van der Waals surface area contributed by atoms with Crippen molar-refractivity contribution < 1.29 is 27.7 Å². The van der Waals surface area contributed by atoms with Gasteiger partial charge in [-0.05, 0) is 37.1 Å². The zero-order valence-corrected chi connectivity index (χ0v) is 18.9. The van der Waals surface area contributed by atoms with Crippen molar-refractivity contribution in [3.8, 4) is 0 Å². The average Bonchev–Trinajstić information content (AvgIpc) is 2.79. The second kappa shape index (κ2) is 10.3. The maximum atomic E-state index is 13.0. The summed E-state index contributed by atoms with van der Waals surface area (Å²) < 4.78 is 39.0. The molecular weight excluding hydrogens is 477 g/mol. The molecule has 0 saturated carbocycles. The number of anilines is 2. The van der Waals surface area contributed by atoms with Gasteiger partial charge in [0.2, 0.25) is 11.8 Å². The molecule has 0 spiro atoms. The predicted octanol–water partition coefficient (Wildman–Crippen LogP) is 4.58. The molecule has 1 saturated heterocycles. The number of benzene rings is 2. The van der Waals surface area contributed by atoms with E-state index in [0.717, 1.165) is 12.1 Å². The molecule has 0 radical (unpaired) electrons. The molecule has 12 heteroatoms. The summed E-state index contributed by atoms with van der Waals surface area (Å²) in [6.45, 7) is 0.533. The minimum atomic E-state index is -4.67. The smallest absolute Gasteiger partial charge is 0.366 e. The maximum Gasteiger partial charge on any atom is 0.417 e. The lowest BCUT2D eigenvalue weighted by molar-refractivity contribution is -0.384. The fourth-order valence-corrected chi connectivity index (χ4v) is 4.10. The Morgan fingerprint density at radius 3 is 2.47 bits per heavy atom. The van der Waals surface area contributed by atoms with Crippen molar-refractivity contribution in [2.75, 3.05) is 36.9 Å². The Balaban J connectivity index is 1.56. The predicted molar refractivity (Wildman–Crippen MR) is 121 cm³/mol. The summed E-state index contributed by atoms with van der Waals surface area (Å²) in [7, 11) is 1.44. The van der Waals surface area contributed by atoms with Crippen LogP contribution < -0.4 is 10.2 Å². The van der Waals surface area contributed by atoms with Gasteiger partial charge in [-0.15, -0.1) is 0 Å². The molecule has 182 valence electrons. The molecule has 1 aliphatic rings. The zero-order chi connectivity index (χ0) is 25.0. The van der Waals surface area contributed by atoms with E-state index < -0.39 is 27.6 Å². The number of nitro benzene ring substituents is 1. The Labute approximate surface area is 198 Å². The van der Waals surface area contributed by atoms with Crippen molar-refractivity contribution in [3.05, 3.63) is 63.2 Å². The standard InChI is InChI=1S/C22H22ClF3N4O4/c1-28(13-20(31)27-15-6-7-17(23)16(12-15)22(24,25)26)21(32)14-8-10-29(11-9-14)18-4-2-3-5-19(18)30(33)34/h2-7,12,14H,8-11,13H2,1H3,(H,27,31). The van der Waals surface area contributed by atoms with Gasteiger partial charge in [0.15, 0.2) is 0 Å². The molecule has 0 bridgehead atoms. The van der Waals surface area contributed by atoms with Crippen molar-refractivity contribution in [2.45, 2.75) is 19.0 Å². The summed E-state index contributed by atoms with van der Waals surface area (Å²) in [4.78, 5) is 39.0. The topological polar surface area (TPSA) is 95.8 Å². The molecule has 1 N–H and O–H groups in total. The number of likely N-dealkylation sites (N-methyl/N-ethyl adjacent to an activating group) is 1. The van der Waals surface area contributed by atoms with Crippen molar-refractivity contribution in [2.24, 2.45) is 5.92 Å². The van der Waals surface area contributed by atoms with Crippen LogP contribution in [0.15, 0.2) is 42.5 Å². The van der Waals surface area contributed by atoms with E-state index in [9.17, 15) is 32.9 Å². The maximum absolute atomic E-state index is 13.0. The third-order valence-electron chi connectivity index (χ3n) is 5.58. The molecule has 34 heavy (non-hydrogen) atoms. The lowest BCUT2D eigenvalue weighted by Gasteiger charge is -2.34. The summed E-state index contributed by atoms with van der Waals surface area (Å²) in [6.07, 6.45) is -3.77. The molecule has 0 aromatic heterocycles. The number of nitrogens with zero attached hydrogens (tertiary/aromatic N) is 3. The summed E-state index contributed by atoms with van der Waals surface area (Å²) in [5.74, 6) is -1.29. The van der Waals surface area contributed by atoms with Crippen LogP contribution in [0.2, 0.25) is 5.02 Å². The number of alkyl halides is 3. The van der Waals surface area contributed by atoms with Crippen LogP contribution in [-0.2, 0) is 15.8 Å². The minimum absolute atomic E-state index is 0.00283. The van der Waals surface area contributed by atoms with Crippen molar-refractivity contribution in [1.29, 1.82) is 0 Å². The van der Waals surface area contributed by atoms with Crippen molar-refractivity contribution in [1.82, 2.24) is 4.90 Å². The van der Waals surface area contributed by atoms with Crippen LogP contribution >= 0.6 is 11.6 Å². The molecule has 0 aliphatic carbocycles. The highest BCUT2D eigenvalue weighted by Crippen LogP contribution is 2.36. The van der Waals surface area contributed by atoms with Crippen LogP contribution in [0.3, 0.4) is 0 Å². The average molecular weight is 499 g/mol. The number of halogens is 4. The summed E-state index contributed by atoms with van der Waals surface area (Å²) >= 11 is 5.58. The molecule has 2 aromatic rings. The van der Waals surface area contributed by atoms with E-state index in [0.29, 0.717) is 31.6 Å². The van der Waals surface area contributed by atoms with E-state index in [4.69, 9.17) is 11.6 Å². The Kier molecular flexibility index (Phi) is 7.65. The number of amides is 2. The first-order valence-corrected chi connectivity index (χ1v) is 10.7. The van der Waals surface area contributed by atoms with Gasteiger partial charge >= 0.3 is 6.18 Å². The van der Waals surface area contributed by atoms with Crippen LogP contribution in [0.25, 0.3) is 0 Å². The second-order valence-corrected chi connectivity index (χ2v) is 8.35. The summed E-state index contributed by atoms with van der Waals surface area (Å²) in [6, 6.07) is 9.42. The van der Waals surface area contributed by atoms with E-state index in [1.165, 1.54) is 24.1 Å². The van der Waals surface area contributed by atoms with Crippen LogP contribution in [0.5, 0.6) is 0 Å². The monoisotopic (exact) mass is 498 g/mol. The number of rotatable bonds is 6. The second-order valence-electron chi connectivity index (χ2n) is 7.94. The number of nitro groups is 1. The number of piperidine rings is 1. The Hall–Kier alpha value is -3.34. The van der Waals surface area contributed by atoms with E-state index in [1.54, 1.807) is 18.2 Å². The van der Waals surface area contributed by atoms with E-state index in [1.807, 2.05) is 4.90 Å². The molecule has 1 fully saturated rings. The summed E-state index contributed by atoms with van der Waals surface area (Å²) in [5.41, 5.74) is -0.661. The van der Waals surface area contributed by atoms with Gasteiger partial charge in [0.05, 0.1) is 22.1 Å². The SMILES string of the molecule is CN(CC(=O)Nc1ccc(Cl)c(C(F)(F)F)c1)C(=O)C1CCN(c2ccccc2[N+](=O)[O-])CC1. The largest absolute Gasteiger partial charge is 0.417 e. The van der Waals surface area contributed by atoms with Gasteiger partial charge in [-0.1, -0.05) is 23.7 Å². The molecule has 8 nitrogen and oxygen atoms in total. The lowest BCUT2D eigenvalue weighted by Crippen LogP contribution is -2.43. The first-order chi connectivity index (χ1) is 16.0. The van der Waals surface area contributed by atoms with Gasteiger partial charge in [0.25, 0.3) is 5.69 Å². The van der Waals surface area contributed by atoms with E-state index in [-0.39, 0.29) is 29.7 Å².